The second-order valence-electron chi connectivity index (χ2n) is 4.32. The van der Waals surface area contributed by atoms with Crippen LogP contribution >= 0.6 is 0 Å². The molecule has 0 atom stereocenters. The van der Waals surface area contributed by atoms with Crippen LogP contribution in [0.5, 0.6) is 5.88 Å². The first-order valence-electron chi connectivity index (χ1n) is 6.47. The molecular formula is C14H13N5O2. The summed E-state index contributed by atoms with van der Waals surface area (Å²) in [5, 5.41) is 18.2. The van der Waals surface area contributed by atoms with Gasteiger partial charge in [0.15, 0.2) is 5.69 Å². The standard InChI is InChI=1S/C14H13N5O2/c1-2-21-13-6-5-11(18-19-13)14(20)16-10-4-3-9-8-15-17-12(9)7-10/h3-8H,2H2,1H3,(H,15,17)(H,16,20). The summed E-state index contributed by atoms with van der Waals surface area (Å²) in [6.07, 6.45) is 1.72. The Morgan fingerprint density at radius 1 is 1.29 bits per heavy atom. The molecule has 0 aliphatic heterocycles. The lowest BCUT2D eigenvalue weighted by Gasteiger charge is -2.05. The second kappa shape index (κ2) is 5.58. The molecule has 7 heteroatoms. The Labute approximate surface area is 120 Å². The van der Waals surface area contributed by atoms with Crippen molar-refractivity contribution in [2.45, 2.75) is 6.92 Å². The molecule has 0 bridgehead atoms. The van der Waals surface area contributed by atoms with Gasteiger partial charge in [-0.1, -0.05) is 0 Å². The van der Waals surface area contributed by atoms with Crippen LogP contribution in [-0.4, -0.2) is 32.9 Å². The lowest BCUT2D eigenvalue weighted by atomic mass is 10.2. The van der Waals surface area contributed by atoms with Crippen molar-refractivity contribution in [3.63, 3.8) is 0 Å². The van der Waals surface area contributed by atoms with Crippen molar-refractivity contribution in [2.75, 3.05) is 11.9 Å². The van der Waals surface area contributed by atoms with Crippen LogP contribution < -0.4 is 10.1 Å². The highest BCUT2D eigenvalue weighted by atomic mass is 16.5. The van der Waals surface area contributed by atoms with Crippen molar-refractivity contribution in [2.24, 2.45) is 0 Å². The van der Waals surface area contributed by atoms with E-state index >= 15 is 0 Å². The fraction of sp³-hybridized carbons (Fsp3) is 0.143. The van der Waals surface area contributed by atoms with Crippen LogP contribution in [0.2, 0.25) is 0 Å². The summed E-state index contributed by atoms with van der Waals surface area (Å²) in [5.74, 6) is 0.0670. The summed E-state index contributed by atoms with van der Waals surface area (Å²) in [6.45, 7) is 2.36. The van der Waals surface area contributed by atoms with Crippen LogP contribution in [0.25, 0.3) is 10.9 Å². The van der Waals surface area contributed by atoms with Gasteiger partial charge in [0, 0.05) is 17.1 Å². The highest BCUT2D eigenvalue weighted by Gasteiger charge is 2.09. The number of nitrogens with one attached hydrogen (secondary N) is 2. The normalized spacial score (nSPS) is 10.5. The Morgan fingerprint density at radius 3 is 2.95 bits per heavy atom. The minimum atomic E-state index is -0.329. The van der Waals surface area contributed by atoms with Crippen molar-refractivity contribution < 1.29 is 9.53 Å². The zero-order valence-electron chi connectivity index (χ0n) is 11.3. The van der Waals surface area contributed by atoms with Gasteiger partial charge in [-0.05, 0) is 31.2 Å². The summed E-state index contributed by atoms with van der Waals surface area (Å²) in [7, 11) is 0. The van der Waals surface area contributed by atoms with Crippen molar-refractivity contribution in [1.29, 1.82) is 0 Å². The predicted octanol–water partition coefficient (Wildman–Crippen LogP) is 2.00. The molecule has 3 aromatic rings. The van der Waals surface area contributed by atoms with Gasteiger partial charge < -0.3 is 10.1 Å². The van der Waals surface area contributed by atoms with E-state index in [1.807, 2.05) is 19.1 Å². The zero-order chi connectivity index (χ0) is 14.7. The topological polar surface area (TPSA) is 92.8 Å². The highest BCUT2D eigenvalue weighted by molar-refractivity contribution is 6.03. The number of aromatic nitrogens is 4. The van der Waals surface area contributed by atoms with Crippen LogP contribution in [0.4, 0.5) is 5.69 Å². The molecule has 1 amide bonds. The average Bonchev–Trinajstić information content (AvgIpc) is 2.96. The third kappa shape index (κ3) is 2.81. The van der Waals surface area contributed by atoms with Gasteiger partial charge >= 0.3 is 0 Å². The number of hydrogen-bond acceptors (Lipinski definition) is 5. The molecule has 0 unspecified atom stereocenters. The van der Waals surface area contributed by atoms with Gasteiger partial charge in [0.2, 0.25) is 5.88 Å². The summed E-state index contributed by atoms with van der Waals surface area (Å²) >= 11 is 0. The average molecular weight is 283 g/mol. The van der Waals surface area contributed by atoms with E-state index in [2.05, 4.69) is 25.7 Å². The van der Waals surface area contributed by atoms with Gasteiger partial charge in [0.1, 0.15) is 0 Å². The minimum absolute atomic E-state index is 0.225. The monoisotopic (exact) mass is 283 g/mol. The van der Waals surface area contributed by atoms with Crippen LogP contribution in [0.15, 0.2) is 36.5 Å². The highest BCUT2D eigenvalue weighted by Crippen LogP contribution is 2.17. The van der Waals surface area contributed by atoms with E-state index in [1.54, 1.807) is 24.4 Å². The molecule has 0 saturated carbocycles. The molecule has 3 rings (SSSR count). The summed E-state index contributed by atoms with van der Waals surface area (Å²) in [6, 6.07) is 8.67. The number of benzene rings is 1. The van der Waals surface area contributed by atoms with Gasteiger partial charge in [-0.2, -0.15) is 5.10 Å². The van der Waals surface area contributed by atoms with E-state index in [9.17, 15) is 4.79 Å². The molecule has 106 valence electrons. The van der Waals surface area contributed by atoms with E-state index < -0.39 is 0 Å². The fourth-order valence-corrected chi connectivity index (χ4v) is 1.88. The van der Waals surface area contributed by atoms with Gasteiger partial charge in [0.25, 0.3) is 5.91 Å². The van der Waals surface area contributed by atoms with Crippen LogP contribution in [0.1, 0.15) is 17.4 Å². The predicted molar refractivity (Wildman–Crippen MR) is 77.2 cm³/mol. The Bertz CT molecular complexity index is 766. The third-order valence-electron chi connectivity index (χ3n) is 2.86. The number of H-pyrrole nitrogens is 1. The smallest absolute Gasteiger partial charge is 0.276 e. The summed E-state index contributed by atoms with van der Waals surface area (Å²) in [5.41, 5.74) is 1.74. The SMILES string of the molecule is CCOc1ccc(C(=O)Nc2ccc3cn[nH]c3c2)nn1. The fourth-order valence-electron chi connectivity index (χ4n) is 1.88. The molecule has 0 spiro atoms. The first-order chi connectivity index (χ1) is 10.3. The molecular weight excluding hydrogens is 270 g/mol. The van der Waals surface area contributed by atoms with Crippen molar-refractivity contribution >= 4 is 22.5 Å². The summed E-state index contributed by atoms with van der Waals surface area (Å²) in [4.78, 5) is 12.1. The molecule has 7 nitrogen and oxygen atoms in total. The van der Waals surface area contributed by atoms with Crippen molar-refractivity contribution in [3.8, 4) is 5.88 Å². The van der Waals surface area contributed by atoms with Gasteiger partial charge in [-0.3, -0.25) is 9.89 Å². The summed E-state index contributed by atoms with van der Waals surface area (Å²) < 4.78 is 5.18. The number of amides is 1. The number of carbonyl (C=O) groups is 1. The number of hydrogen-bond donors (Lipinski definition) is 2. The van der Waals surface area contributed by atoms with E-state index in [4.69, 9.17) is 4.74 Å². The number of rotatable bonds is 4. The van der Waals surface area contributed by atoms with E-state index in [0.717, 1.165) is 10.9 Å². The molecule has 2 aromatic heterocycles. The number of anilines is 1. The Kier molecular flexibility index (Phi) is 3.46. The van der Waals surface area contributed by atoms with Crippen molar-refractivity contribution in [1.82, 2.24) is 20.4 Å². The van der Waals surface area contributed by atoms with Gasteiger partial charge in [-0.25, -0.2) is 0 Å². The van der Waals surface area contributed by atoms with E-state index in [1.165, 1.54) is 0 Å². The molecule has 0 aliphatic carbocycles. The molecule has 0 fully saturated rings. The van der Waals surface area contributed by atoms with Crippen LogP contribution in [0.3, 0.4) is 0 Å². The second-order valence-corrected chi connectivity index (χ2v) is 4.32. The molecule has 0 saturated heterocycles. The maximum atomic E-state index is 12.1. The largest absolute Gasteiger partial charge is 0.477 e. The first kappa shape index (κ1) is 13.0. The minimum Gasteiger partial charge on any atom is -0.477 e. The molecule has 21 heavy (non-hydrogen) atoms. The molecule has 2 N–H and O–H groups in total. The van der Waals surface area contributed by atoms with Gasteiger partial charge in [0.05, 0.1) is 18.3 Å². The van der Waals surface area contributed by atoms with Crippen LogP contribution in [0, 0.1) is 0 Å². The molecule has 2 heterocycles. The zero-order valence-corrected chi connectivity index (χ0v) is 11.3. The number of nitrogens with zero attached hydrogens (tertiary/aromatic N) is 3. The molecule has 1 aromatic carbocycles. The van der Waals surface area contributed by atoms with Gasteiger partial charge in [-0.15, -0.1) is 10.2 Å². The quantitative estimate of drug-likeness (QED) is 0.764. The Morgan fingerprint density at radius 2 is 2.19 bits per heavy atom. The third-order valence-corrected chi connectivity index (χ3v) is 2.86. The number of ether oxygens (including phenoxy) is 1. The molecule has 0 aliphatic rings. The number of carbonyl (C=O) groups excluding carboxylic acids is 1. The lowest BCUT2D eigenvalue weighted by Crippen LogP contribution is -2.14. The van der Waals surface area contributed by atoms with E-state index in [0.29, 0.717) is 18.2 Å². The van der Waals surface area contributed by atoms with E-state index in [-0.39, 0.29) is 11.6 Å². The maximum Gasteiger partial charge on any atom is 0.276 e. The lowest BCUT2D eigenvalue weighted by molar-refractivity contribution is 0.102. The Hall–Kier alpha value is -2.96. The Balaban J connectivity index is 1.75. The van der Waals surface area contributed by atoms with Crippen LogP contribution in [-0.2, 0) is 0 Å². The van der Waals surface area contributed by atoms with Crippen molar-refractivity contribution in [3.05, 3.63) is 42.2 Å². The first-order valence-corrected chi connectivity index (χ1v) is 6.47. The molecule has 0 radical (unpaired) electrons. The maximum absolute atomic E-state index is 12.1. The number of aromatic amines is 1. The number of fused-ring (bicyclic) bond motifs is 1.